The summed E-state index contributed by atoms with van der Waals surface area (Å²) in [7, 11) is 0. The fourth-order valence-corrected chi connectivity index (χ4v) is 2.84. The van der Waals surface area contributed by atoms with Crippen molar-refractivity contribution < 1.29 is 23.9 Å². The first-order chi connectivity index (χ1) is 12.8. The van der Waals surface area contributed by atoms with E-state index in [1.807, 2.05) is 0 Å². The van der Waals surface area contributed by atoms with Crippen molar-refractivity contribution in [3.63, 3.8) is 0 Å². The lowest BCUT2D eigenvalue weighted by Crippen LogP contribution is -2.43. The molecule has 1 aliphatic rings. The van der Waals surface area contributed by atoms with Crippen molar-refractivity contribution in [2.75, 3.05) is 19.7 Å². The maximum atomic E-state index is 12.7. The normalized spacial score (nSPS) is 19.0. The van der Waals surface area contributed by atoms with Crippen LogP contribution in [-0.2, 0) is 24.7 Å². The first-order valence-corrected chi connectivity index (χ1v) is 8.98. The maximum absolute atomic E-state index is 12.7. The van der Waals surface area contributed by atoms with Gasteiger partial charge in [0.05, 0.1) is 6.61 Å². The van der Waals surface area contributed by atoms with Gasteiger partial charge in [0.2, 0.25) is 5.91 Å². The second-order valence-electron chi connectivity index (χ2n) is 6.21. The summed E-state index contributed by atoms with van der Waals surface area (Å²) in [6.45, 7) is 3.45. The van der Waals surface area contributed by atoms with Crippen molar-refractivity contribution in [1.82, 2.24) is 15.5 Å². The highest BCUT2D eigenvalue weighted by atomic mass is 35.5. The number of urea groups is 1. The molecular weight excluding hydrogens is 374 g/mol. The Balaban J connectivity index is 1.90. The molecule has 27 heavy (non-hydrogen) atoms. The smallest absolute Gasteiger partial charge is 0.325 e. The van der Waals surface area contributed by atoms with Crippen LogP contribution in [0.1, 0.15) is 32.3 Å². The molecule has 1 aliphatic heterocycles. The van der Waals surface area contributed by atoms with Crippen LogP contribution < -0.4 is 10.6 Å². The molecule has 1 aromatic rings. The van der Waals surface area contributed by atoms with Crippen LogP contribution >= 0.6 is 11.6 Å². The minimum Gasteiger partial charge on any atom is -0.466 e. The van der Waals surface area contributed by atoms with Crippen molar-refractivity contribution in [3.8, 4) is 0 Å². The molecule has 9 heteroatoms. The number of ether oxygens (including phenoxy) is 1. The SMILES string of the molecule is CCOC(=O)CCCNC(=O)CN1C(=O)N[C@@](C)(c2ccc(Cl)cc2)C1=O. The molecule has 146 valence electrons. The summed E-state index contributed by atoms with van der Waals surface area (Å²) in [4.78, 5) is 49.0. The van der Waals surface area contributed by atoms with Gasteiger partial charge < -0.3 is 15.4 Å². The first-order valence-electron chi connectivity index (χ1n) is 8.60. The summed E-state index contributed by atoms with van der Waals surface area (Å²) in [6, 6.07) is 5.92. The largest absolute Gasteiger partial charge is 0.466 e. The molecule has 0 bridgehead atoms. The van der Waals surface area contributed by atoms with Crippen LogP contribution in [0.15, 0.2) is 24.3 Å². The lowest BCUT2D eigenvalue weighted by atomic mass is 9.92. The predicted molar refractivity (Wildman–Crippen MR) is 97.9 cm³/mol. The minimum absolute atomic E-state index is 0.186. The van der Waals surface area contributed by atoms with E-state index in [0.29, 0.717) is 23.6 Å². The van der Waals surface area contributed by atoms with E-state index in [4.69, 9.17) is 16.3 Å². The van der Waals surface area contributed by atoms with E-state index in [-0.39, 0.29) is 18.9 Å². The van der Waals surface area contributed by atoms with Crippen LogP contribution in [0.3, 0.4) is 0 Å². The highest BCUT2D eigenvalue weighted by Crippen LogP contribution is 2.29. The lowest BCUT2D eigenvalue weighted by Gasteiger charge is -2.22. The zero-order valence-corrected chi connectivity index (χ0v) is 16.0. The van der Waals surface area contributed by atoms with Crippen LogP contribution in [0, 0.1) is 0 Å². The molecule has 0 unspecified atom stereocenters. The number of hydrogen-bond donors (Lipinski definition) is 2. The molecule has 4 amide bonds. The summed E-state index contributed by atoms with van der Waals surface area (Å²) in [5.74, 6) is -1.33. The van der Waals surface area contributed by atoms with Crippen molar-refractivity contribution in [2.45, 2.75) is 32.2 Å². The molecule has 2 rings (SSSR count). The molecule has 8 nitrogen and oxygen atoms in total. The van der Waals surface area contributed by atoms with Crippen molar-refractivity contribution in [1.29, 1.82) is 0 Å². The third-order valence-corrected chi connectivity index (χ3v) is 4.44. The van der Waals surface area contributed by atoms with E-state index in [9.17, 15) is 19.2 Å². The number of carbonyl (C=O) groups is 4. The van der Waals surface area contributed by atoms with E-state index in [2.05, 4.69) is 10.6 Å². The third kappa shape index (κ3) is 4.97. The van der Waals surface area contributed by atoms with E-state index in [0.717, 1.165) is 4.90 Å². The van der Waals surface area contributed by atoms with Gasteiger partial charge in [0.25, 0.3) is 5.91 Å². The molecule has 0 saturated carbocycles. The van der Waals surface area contributed by atoms with E-state index < -0.39 is 29.9 Å². The van der Waals surface area contributed by atoms with Crippen LogP contribution in [0.4, 0.5) is 4.79 Å². The Morgan fingerprint density at radius 1 is 1.26 bits per heavy atom. The molecule has 1 fully saturated rings. The average Bonchev–Trinajstić information content (AvgIpc) is 2.83. The fraction of sp³-hybridized carbons (Fsp3) is 0.444. The number of halogens is 1. The second-order valence-corrected chi connectivity index (χ2v) is 6.65. The highest BCUT2D eigenvalue weighted by molar-refractivity contribution is 6.30. The summed E-state index contributed by atoms with van der Waals surface area (Å²) < 4.78 is 4.79. The summed E-state index contributed by atoms with van der Waals surface area (Å²) >= 11 is 5.86. The number of imide groups is 1. The van der Waals surface area contributed by atoms with Gasteiger partial charge in [-0.25, -0.2) is 4.79 Å². The number of rotatable bonds is 8. The van der Waals surface area contributed by atoms with E-state index >= 15 is 0 Å². The van der Waals surface area contributed by atoms with Crippen LogP contribution in [0.5, 0.6) is 0 Å². The van der Waals surface area contributed by atoms with Gasteiger partial charge in [-0.15, -0.1) is 0 Å². The molecule has 0 aromatic heterocycles. The van der Waals surface area contributed by atoms with Crippen LogP contribution in [-0.4, -0.2) is 48.4 Å². The summed E-state index contributed by atoms with van der Waals surface area (Å²) in [5, 5.41) is 5.72. The standard InChI is InChI=1S/C18H22ClN3O5/c1-3-27-15(24)5-4-10-20-14(23)11-22-16(25)18(2,21-17(22)26)12-6-8-13(19)9-7-12/h6-9H,3-5,10-11H2,1-2H3,(H,20,23)(H,21,26)/t18-/m0/s1. The number of nitrogens with zero attached hydrogens (tertiary/aromatic N) is 1. The van der Waals surface area contributed by atoms with Crippen LogP contribution in [0.2, 0.25) is 5.02 Å². The average molecular weight is 396 g/mol. The Morgan fingerprint density at radius 3 is 2.56 bits per heavy atom. The van der Waals surface area contributed by atoms with Crippen molar-refractivity contribution in [3.05, 3.63) is 34.9 Å². The van der Waals surface area contributed by atoms with Gasteiger partial charge in [-0.1, -0.05) is 23.7 Å². The zero-order chi connectivity index (χ0) is 20.0. The van der Waals surface area contributed by atoms with Gasteiger partial charge in [0, 0.05) is 18.0 Å². The maximum Gasteiger partial charge on any atom is 0.325 e. The second kappa shape index (κ2) is 8.85. The monoisotopic (exact) mass is 395 g/mol. The molecule has 1 saturated heterocycles. The van der Waals surface area contributed by atoms with Crippen molar-refractivity contribution in [2.24, 2.45) is 0 Å². The van der Waals surface area contributed by atoms with Gasteiger partial charge in [-0.2, -0.15) is 0 Å². The van der Waals surface area contributed by atoms with Gasteiger partial charge in [-0.05, 0) is 38.0 Å². The molecule has 1 heterocycles. The number of carbonyl (C=O) groups excluding carboxylic acids is 4. The number of esters is 1. The molecule has 1 aromatic carbocycles. The number of hydrogen-bond acceptors (Lipinski definition) is 5. The van der Waals surface area contributed by atoms with Gasteiger partial charge in [0.15, 0.2) is 0 Å². The number of benzene rings is 1. The highest BCUT2D eigenvalue weighted by Gasteiger charge is 2.49. The molecular formula is C18H22ClN3O5. The Hall–Kier alpha value is -2.61. The summed E-state index contributed by atoms with van der Waals surface area (Å²) in [5.41, 5.74) is -0.686. The minimum atomic E-state index is -1.26. The molecule has 0 spiro atoms. The topological polar surface area (TPSA) is 105 Å². The quantitative estimate of drug-likeness (QED) is 0.395. The van der Waals surface area contributed by atoms with E-state index in [1.54, 1.807) is 38.1 Å². The third-order valence-electron chi connectivity index (χ3n) is 4.18. The molecule has 1 atom stereocenters. The van der Waals surface area contributed by atoms with Crippen molar-refractivity contribution >= 4 is 35.4 Å². The molecule has 0 aliphatic carbocycles. The predicted octanol–water partition coefficient (Wildman–Crippen LogP) is 1.57. The Bertz CT molecular complexity index is 737. The first kappa shape index (κ1) is 20.7. The van der Waals surface area contributed by atoms with Crippen LogP contribution in [0.25, 0.3) is 0 Å². The zero-order valence-electron chi connectivity index (χ0n) is 15.2. The van der Waals surface area contributed by atoms with E-state index in [1.165, 1.54) is 0 Å². The number of nitrogens with one attached hydrogen (secondary N) is 2. The van der Waals surface area contributed by atoms with Gasteiger partial charge in [0.1, 0.15) is 12.1 Å². The molecule has 0 radical (unpaired) electrons. The number of amides is 4. The molecule has 2 N–H and O–H groups in total. The summed E-state index contributed by atoms with van der Waals surface area (Å²) in [6.07, 6.45) is 0.596. The fourth-order valence-electron chi connectivity index (χ4n) is 2.71. The van der Waals surface area contributed by atoms with Gasteiger partial charge in [-0.3, -0.25) is 19.3 Å². The Morgan fingerprint density at radius 2 is 1.93 bits per heavy atom. The van der Waals surface area contributed by atoms with Gasteiger partial charge >= 0.3 is 12.0 Å². The Kier molecular flexibility index (Phi) is 6.79. The lowest BCUT2D eigenvalue weighted by molar-refractivity contribution is -0.143. The Labute approximate surface area is 162 Å².